The van der Waals surface area contributed by atoms with Gasteiger partial charge in [-0.05, 0) is 85.3 Å². The van der Waals surface area contributed by atoms with Gasteiger partial charge in [-0.1, -0.05) is 60.7 Å². The summed E-state index contributed by atoms with van der Waals surface area (Å²) in [5.74, 6) is -2.57. The quantitative estimate of drug-likeness (QED) is 0.228. The zero-order valence-corrected chi connectivity index (χ0v) is 30.8. The summed E-state index contributed by atoms with van der Waals surface area (Å²) in [6, 6.07) is 18.8. The highest BCUT2D eigenvalue weighted by atomic mass is 19.1. The van der Waals surface area contributed by atoms with Crippen LogP contribution in [0.15, 0.2) is 60.7 Å². The monoisotopic (exact) mass is 710 g/mol. The molecule has 0 spiro atoms. The van der Waals surface area contributed by atoms with Gasteiger partial charge in [-0.2, -0.15) is 0 Å². The topological polar surface area (TPSA) is 102 Å². The summed E-state index contributed by atoms with van der Waals surface area (Å²) in [6.07, 6.45) is -1.57. The molecule has 2 aromatic carbocycles. The van der Waals surface area contributed by atoms with E-state index in [2.05, 4.69) is 0 Å². The molecule has 2 aromatic rings. The molecule has 2 saturated carbocycles. The van der Waals surface area contributed by atoms with E-state index in [4.69, 9.17) is 14.2 Å². The Balaban J connectivity index is 0.000000198. The van der Waals surface area contributed by atoms with E-state index in [1.165, 1.54) is 4.90 Å². The Morgan fingerprint density at radius 3 is 1.92 bits per heavy atom. The number of fused-ring (bicyclic) bond motifs is 2. The van der Waals surface area contributed by atoms with Crippen molar-refractivity contribution in [2.45, 2.75) is 110 Å². The molecule has 9 nitrogen and oxygen atoms in total. The fourth-order valence-electron chi connectivity index (χ4n) is 8.01. The van der Waals surface area contributed by atoms with E-state index in [9.17, 15) is 28.0 Å². The zero-order valence-electron chi connectivity index (χ0n) is 30.8. The molecule has 4 fully saturated rings. The summed E-state index contributed by atoms with van der Waals surface area (Å²) in [6.45, 7) is 13.4. The van der Waals surface area contributed by atoms with Crippen molar-refractivity contribution in [1.82, 2.24) is 9.80 Å². The smallest absolute Gasteiger partial charge is 0.410 e. The molecule has 51 heavy (non-hydrogen) atoms. The van der Waals surface area contributed by atoms with Gasteiger partial charge in [0.2, 0.25) is 5.91 Å². The number of carbonyl (C=O) groups excluding carboxylic acids is 4. The fraction of sp³-hybridized carbons (Fsp3) is 0.600. The maximum Gasteiger partial charge on any atom is 0.410 e. The number of nitrogens with zero attached hydrogens (tertiary/aromatic N) is 2. The van der Waals surface area contributed by atoms with Crippen molar-refractivity contribution in [3.8, 4) is 0 Å². The van der Waals surface area contributed by atoms with Gasteiger partial charge in [0.05, 0.1) is 17.4 Å². The van der Waals surface area contributed by atoms with Crippen LogP contribution in [0.1, 0.15) is 91.3 Å². The molecule has 11 heteroatoms. The van der Waals surface area contributed by atoms with Gasteiger partial charge in [-0.25, -0.2) is 13.6 Å². The molecule has 2 aliphatic heterocycles. The molecule has 2 heterocycles. The number of hydrogen-bond donors (Lipinski definition) is 0. The van der Waals surface area contributed by atoms with E-state index >= 15 is 0 Å². The summed E-state index contributed by atoms with van der Waals surface area (Å²) in [7, 11) is 0. The molecular weight excluding hydrogens is 658 g/mol. The Morgan fingerprint density at radius 2 is 1.33 bits per heavy atom. The first-order valence-electron chi connectivity index (χ1n) is 17.9. The Hall–Kier alpha value is -4.02. The molecule has 4 aliphatic rings. The Morgan fingerprint density at radius 1 is 0.804 bits per heavy atom. The highest BCUT2D eigenvalue weighted by Gasteiger charge is 2.65. The minimum absolute atomic E-state index is 0.152. The number of likely N-dealkylation sites (tertiary alicyclic amines) is 2. The van der Waals surface area contributed by atoms with Gasteiger partial charge in [0.15, 0.2) is 0 Å². The number of esters is 2. The van der Waals surface area contributed by atoms with Crippen LogP contribution in [0.2, 0.25) is 0 Å². The van der Waals surface area contributed by atoms with E-state index in [-0.39, 0.29) is 44.6 Å². The van der Waals surface area contributed by atoms with Crippen molar-refractivity contribution in [3.05, 3.63) is 71.8 Å². The third kappa shape index (κ3) is 8.07. The zero-order chi connectivity index (χ0) is 37.4. The van der Waals surface area contributed by atoms with Crippen LogP contribution >= 0.6 is 0 Å². The SMILES string of the molecule is CC(C)(C)OC(=O)[C@@]12CC[C@H](F)[C@@H]1CN(C(=O)OCc1ccccc1)C2.C[C@H](c1ccccc1)N1C[C@]2(C(=O)OC(C)(C)C)CC[C@H](F)[C@@H]2C1=O. The van der Waals surface area contributed by atoms with Crippen LogP contribution in [-0.4, -0.2) is 76.9 Å². The average molecular weight is 711 g/mol. The number of hydrogen-bond acceptors (Lipinski definition) is 7. The van der Waals surface area contributed by atoms with Crippen molar-refractivity contribution in [3.63, 3.8) is 0 Å². The lowest BCUT2D eigenvalue weighted by Crippen LogP contribution is -2.42. The molecular formula is C40H52F2N2O7. The highest BCUT2D eigenvalue weighted by molar-refractivity contribution is 5.93. The Bertz CT molecular complexity index is 1580. The minimum Gasteiger partial charge on any atom is -0.459 e. The lowest BCUT2D eigenvalue weighted by Gasteiger charge is -2.31. The number of amides is 2. The molecule has 0 aromatic heterocycles. The van der Waals surface area contributed by atoms with Crippen molar-refractivity contribution in [2.24, 2.45) is 22.7 Å². The first kappa shape index (κ1) is 38.2. The maximum atomic E-state index is 14.6. The molecule has 6 rings (SSSR count). The lowest BCUT2D eigenvalue weighted by molar-refractivity contribution is -0.170. The van der Waals surface area contributed by atoms with Crippen molar-refractivity contribution >= 4 is 23.9 Å². The molecule has 0 unspecified atom stereocenters. The van der Waals surface area contributed by atoms with Crippen molar-refractivity contribution in [2.75, 3.05) is 19.6 Å². The second-order valence-electron chi connectivity index (χ2n) is 16.5. The molecule has 2 amide bonds. The minimum atomic E-state index is -1.28. The molecule has 0 bridgehead atoms. The fourth-order valence-corrected chi connectivity index (χ4v) is 8.01. The molecule has 0 radical (unpaired) electrons. The van der Waals surface area contributed by atoms with Crippen molar-refractivity contribution in [1.29, 1.82) is 0 Å². The predicted octanol–water partition coefficient (Wildman–Crippen LogP) is 7.38. The van der Waals surface area contributed by atoms with Crippen LogP contribution in [0, 0.1) is 22.7 Å². The summed E-state index contributed by atoms with van der Waals surface area (Å²) in [5.41, 5.74) is -1.47. The standard InChI is InChI=1S/C20H26FNO4.C20H26FNO3/c1-19(2,3)26-17(23)20-10-9-16(21)15(20)11-22(13-20)18(24)25-12-14-7-5-4-6-8-14;1-13(14-8-6-5-7-9-14)22-12-20(18(24)25-19(2,3)4)11-10-15(21)16(20)17(22)23/h4-8,15-16H,9-13H2,1-3H3;5-9,13,15-16H,10-12H2,1-4H3/t15-,16-,20+;13-,15+,16-,20-/m01/s1. The number of alkyl halides is 2. The molecule has 2 aliphatic carbocycles. The first-order valence-corrected chi connectivity index (χ1v) is 17.9. The number of ether oxygens (including phenoxy) is 3. The summed E-state index contributed by atoms with van der Waals surface area (Å²) in [4.78, 5) is 54.2. The predicted molar refractivity (Wildman–Crippen MR) is 187 cm³/mol. The first-order chi connectivity index (χ1) is 23.9. The number of carbonyl (C=O) groups is 4. The Kier molecular flexibility index (Phi) is 10.9. The molecule has 2 saturated heterocycles. The van der Waals surface area contributed by atoms with Crippen LogP contribution in [0.4, 0.5) is 13.6 Å². The summed E-state index contributed by atoms with van der Waals surface area (Å²) in [5, 5.41) is 0. The van der Waals surface area contributed by atoms with E-state index in [0.717, 1.165) is 11.1 Å². The summed E-state index contributed by atoms with van der Waals surface area (Å²) >= 11 is 0. The van der Waals surface area contributed by atoms with Gasteiger partial charge in [-0.3, -0.25) is 14.4 Å². The number of benzene rings is 2. The number of halogens is 2. The van der Waals surface area contributed by atoms with Gasteiger partial charge >= 0.3 is 18.0 Å². The normalized spacial score (nSPS) is 29.1. The molecule has 278 valence electrons. The second-order valence-corrected chi connectivity index (χ2v) is 16.5. The van der Waals surface area contributed by atoms with E-state index in [0.29, 0.717) is 19.3 Å². The van der Waals surface area contributed by atoms with E-state index < -0.39 is 64.2 Å². The van der Waals surface area contributed by atoms with Gasteiger partial charge in [0, 0.05) is 25.6 Å². The van der Waals surface area contributed by atoms with Crippen LogP contribution in [-0.2, 0) is 35.2 Å². The highest BCUT2D eigenvalue weighted by Crippen LogP contribution is 2.54. The number of rotatable bonds is 6. The molecule has 0 N–H and O–H groups in total. The van der Waals surface area contributed by atoms with Crippen LogP contribution < -0.4 is 0 Å². The van der Waals surface area contributed by atoms with Gasteiger partial charge in [0.25, 0.3) is 0 Å². The van der Waals surface area contributed by atoms with E-state index in [1.54, 1.807) is 46.4 Å². The third-order valence-electron chi connectivity index (χ3n) is 10.6. The second kappa shape index (κ2) is 14.5. The largest absolute Gasteiger partial charge is 0.459 e. The van der Waals surface area contributed by atoms with Crippen LogP contribution in [0.3, 0.4) is 0 Å². The third-order valence-corrected chi connectivity index (χ3v) is 10.6. The van der Waals surface area contributed by atoms with Crippen molar-refractivity contribution < 1.29 is 42.2 Å². The van der Waals surface area contributed by atoms with E-state index in [1.807, 2.05) is 67.6 Å². The average Bonchev–Trinajstić information content (AvgIpc) is 3.80. The Labute approximate surface area is 300 Å². The van der Waals surface area contributed by atoms with Crippen LogP contribution in [0.5, 0.6) is 0 Å². The lowest BCUT2D eigenvalue weighted by atomic mass is 9.80. The molecule has 7 atom stereocenters. The summed E-state index contributed by atoms with van der Waals surface area (Å²) < 4.78 is 45.4. The maximum absolute atomic E-state index is 14.6. The van der Waals surface area contributed by atoms with Crippen LogP contribution in [0.25, 0.3) is 0 Å². The van der Waals surface area contributed by atoms with Gasteiger partial charge < -0.3 is 24.0 Å². The van der Waals surface area contributed by atoms with Gasteiger partial charge in [-0.15, -0.1) is 0 Å². The van der Waals surface area contributed by atoms with Gasteiger partial charge in [0.1, 0.15) is 35.6 Å².